The lowest BCUT2D eigenvalue weighted by Gasteiger charge is -2.12. The molecule has 1 N–H and O–H groups in total. The summed E-state index contributed by atoms with van der Waals surface area (Å²) < 4.78 is 7.22. The number of methoxy groups -OCH3 is 1. The van der Waals surface area contributed by atoms with Crippen LogP contribution in [0.15, 0.2) is 36.9 Å². The molecule has 1 aliphatic rings. The molecule has 1 aromatic carbocycles. The molecule has 6 nitrogen and oxygen atoms in total. The van der Waals surface area contributed by atoms with Gasteiger partial charge in [0.2, 0.25) is 5.88 Å². The van der Waals surface area contributed by atoms with Gasteiger partial charge in [-0.05, 0) is 17.5 Å². The number of benzene rings is 1. The van der Waals surface area contributed by atoms with Crippen LogP contribution in [0.25, 0.3) is 11.2 Å². The van der Waals surface area contributed by atoms with E-state index in [0.29, 0.717) is 11.4 Å². The van der Waals surface area contributed by atoms with Gasteiger partial charge in [-0.25, -0.2) is 9.97 Å². The molecule has 0 radical (unpaired) electrons. The van der Waals surface area contributed by atoms with Gasteiger partial charge in [0.25, 0.3) is 0 Å². The van der Waals surface area contributed by atoms with Crippen molar-refractivity contribution in [3.63, 3.8) is 0 Å². The summed E-state index contributed by atoms with van der Waals surface area (Å²) in [5, 5.41) is 10.2. The molecule has 0 fully saturated rings. The van der Waals surface area contributed by atoms with Gasteiger partial charge >= 0.3 is 0 Å². The van der Waals surface area contributed by atoms with Crippen LogP contribution < -0.4 is 4.74 Å². The molecule has 2 atom stereocenters. The van der Waals surface area contributed by atoms with Crippen molar-refractivity contribution in [1.82, 2.24) is 19.5 Å². The number of fused-ring (bicyclic) bond motifs is 2. The highest BCUT2D eigenvalue weighted by Crippen LogP contribution is 2.41. The average Bonchev–Trinajstić information content (AvgIpc) is 3.10. The molecule has 4 rings (SSSR count). The Kier molecular flexibility index (Phi) is 3.04. The highest BCUT2D eigenvalue weighted by atomic mass is 16.5. The van der Waals surface area contributed by atoms with Crippen LogP contribution in [-0.2, 0) is 6.54 Å². The first-order chi connectivity index (χ1) is 10.8. The minimum absolute atomic E-state index is 0.254. The van der Waals surface area contributed by atoms with Crippen molar-refractivity contribution in [2.75, 3.05) is 7.11 Å². The molecule has 0 aliphatic heterocycles. The number of nitrogens with zero attached hydrogens (tertiary/aromatic N) is 4. The van der Waals surface area contributed by atoms with Crippen LogP contribution in [0.5, 0.6) is 5.88 Å². The van der Waals surface area contributed by atoms with Crippen molar-refractivity contribution in [2.24, 2.45) is 0 Å². The Morgan fingerprint density at radius 1 is 1.23 bits per heavy atom. The maximum atomic E-state index is 10.2. The van der Waals surface area contributed by atoms with E-state index in [0.717, 1.165) is 24.2 Å². The van der Waals surface area contributed by atoms with Crippen molar-refractivity contribution in [3.8, 4) is 5.88 Å². The second kappa shape index (κ2) is 5.06. The third kappa shape index (κ3) is 1.95. The fourth-order valence-corrected chi connectivity index (χ4v) is 3.26. The summed E-state index contributed by atoms with van der Waals surface area (Å²) >= 11 is 0. The topological polar surface area (TPSA) is 73.1 Å². The second-order valence-electron chi connectivity index (χ2n) is 5.53. The van der Waals surface area contributed by atoms with Crippen molar-refractivity contribution in [3.05, 3.63) is 48.0 Å². The van der Waals surface area contributed by atoms with E-state index in [1.165, 1.54) is 11.9 Å². The lowest BCUT2D eigenvalue weighted by molar-refractivity contribution is 0.171. The molecule has 3 aromatic rings. The van der Waals surface area contributed by atoms with Crippen molar-refractivity contribution >= 4 is 11.2 Å². The van der Waals surface area contributed by atoms with E-state index < -0.39 is 0 Å². The average molecular weight is 296 g/mol. The molecule has 0 saturated heterocycles. The predicted molar refractivity (Wildman–Crippen MR) is 80.6 cm³/mol. The van der Waals surface area contributed by atoms with Gasteiger partial charge in [0.1, 0.15) is 6.33 Å². The zero-order chi connectivity index (χ0) is 15.1. The molecular formula is C16H16N4O2. The highest BCUT2D eigenvalue weighted by Gasteiger charge is 2.29. The Balaban J connectivity index is 1.71. The van der Waals surface area contributed by atoms with Crippen LogP contribution in [0.2, 0.25) is 0 Å². The molecular weight excluding hydrogens is 280 g/mol. The molecule has 1 aliphatic carbocycles. The van der Waals surface area contributed by atoms with Gasteiger partial charge < -0.3 is 14.4 Å². The van der Waals surface area contributed by atoms with Gasteiger partial charge in [-0.2, -0.15) is 4.98 Å². The van der Waals surface area contributed by atoms with Gasteiger partial charge in [0, 0.05) is 12.5 Å². The molecule has 0 saturated carbocycles. The normalized spacial score (nSPS) is 20.3. The largest absolute Gasteiger partial charge is 0.479 e. The van der Waals surface area contributed by atoms with E-state index in [1.54, 1.807) is 13.4 Å². The third-order valence-corrected chi connectivity index (χ3v) is 4.28. The number of aliphatic hydroxyl groups excluding tert-OH is 1. The predicted octanol–water partition coefficient (Wildman–Crippen LogP) is 2.06. The van der Waals surface area contributed by atoms with E-state index in [4.69, 9.17) is 4.74 Å². The van der Waals surface area contributed by atoms with E-state index in [1.807, 2.05) is 22.8 Å². The zero-order valence-corrected chi connectivity index (χ0v) is 12.2. The number of ether oxygens (including phenoxy) is 1. The number of imidazole rings is 1. The van der Waals surface area contributed by atoms with Crippen molar-refractivity contribution in [2.45, 2.75) is 25.0 Å². The minimum atomic E-state index is -0.389. The molecule has 0 amide bonds. The van der Waals surface area contributed by atoms with E-state index >= 15 is 0 Å². The van der Waals surface area contributed by atoms with Crippen molar-refractivity contribution in [1.29, 1.82) is 0 Å². The fraction of sp³-hybridized carbons (Fsp3) is 0.312. The van der Waals surface area contributed by atoms with Gasteiger partial charge in [0.05, 0.1) is 19.5 Å². The Morgan fingerprint density at radius 2 is 2.05 bits per heavy atom. The lowest BCUT2D eigenvalue weighted by Crippen LogP contribution is -2.07. The number of hydrogen-bond acceptors (Lipinski definition) is 5. The monoisotopic (exact) mass is 296 g/mol. The Bertz CT molecular complexity index is 830. The van der Waals surface area contributed by atoms with Crippen molar-refractivity contribution < 1.29 is 9.84 Å². The quantitative estimate of drug-likeness (QED) is 0.801. The van der Waals surface area contributed by atoms with Crippen LogP contribution in [0.1, 0.15) is 29.6 Å². The molecule has 6 heteroatoms. The van der Waals surface area contributed by atoms with E-state index in [2.05, 4.69) is 21.0 Å². The third-order valence-electron chi connectivity index (χ3n) is 4.28. The van der Waals surface area contributed by atoms with Gasteiger partial charge in [-0.1, -0.05) is 24.3 Å². The summed E-state index contributed by atoms with van der Waals surface area (Å²) in [6.45, 7) is 0.727. The van der Waals surface area contributed by atoms with Crippen LogP contribution in [0.3, 0.4) is 0 Å². The maximum absolute atomic E-state index is 10.2. The minimum Gasteiger partial charge on any atom is -0.479 e. The lowest BCUT2D eigenvalue weighted by atomic mass is 10.0. The number of rotatable bonds is 3. The summed E-state index contributed by atoms with van der Waals surface area (Å²) in [4.78, 5) is 12.7. The van der Waals surface area contributed by atoms with Gasteiger partial charge in [-0.15, -0.1) is 0 Å². The van der Waals surface area contributed by atoms with Crippen LogP contribution in [-0.4, -0.2) is 31.7 Å². The van der Waals surface area contributed by atoms with E-state index in [-0.39, 0.29) is 12.0 Å². The number of aliphatic hydroxyl groups is 1. The summed E-state index contributed by atoms with van der Waals surface area (Å²) in [7, 11) is 1.57. The first-order valence-corrected chi connectivity index (χ1v) is 7.24. The molecule has 0 unspecified atom stereocenters. The maximum Gasteiger partial charge on any atom is 0.245 e. The highest BCUT2D eigenvalue weighted by molar-refractivity contribution is 5.75. The second-order valence-corrected chi connectivity index (χ2v) is 5.53. The Labute approximate surface area is 127 Å². The Hall–Kier alpha value is -2.47. The molecule has 2 heterocycles. The number of hydrogen-bond donors (Lipinski definition) is 1. The van der Waals surface area contributed by atoms with Crippen LogP contribution >= 0.6 is 0 Å². The van der Waals surface area contributed by atoms with Crippen LogP contribution in [0.4, 0.5) is 0 Å². The molecule has 2 aromatic heterocycles. The first-order valence-electron chi connectivity index (χ1n) is 7.24. The molecule has 112 valence electrons. The smallest absolute Gasteiger partial charge is 0.245 e. The molecule has 22 heavy (non-hydrogen) atoms. The number of aromatic nitrogens is 4. The zero-order valence-electron chi connectivity index (χ0n) is 12.2. The summed E-state index contributed by atoms with van der Waals surface area (Å²) in [5.74, 6) is 0.736. The Morgan fingerprint density at radius 3 is 2.86 bits per heavy atom. The first kappa shape index (κ1) is 13.2. The van der Waals surface area contributed by atoms with E-state index in [9.17, 15) is 5.11 Å². The molecule has 0 spiro atoms. The van der Waals surface area contributed by atoms with Gasteiger partial charge in [0.15, 0.2) is 11.2 Å². The standard InChI is InChI=1S/C16H16N4O2/c1-22-16-14-15(17-8-18-16)20(9-19-14)7-10-6-13(21)12-5-3-2-4-11(10)12/h2-5,8-10,13,21H,6-7H2,1H3/t10-,13-/m0/s1. The summed E-state index contributed by atoms with van der Waals surface area (Å²) in [5.41, 5.74) is 3.66. The summed E-state index contributed by atoms with van der Waals surface area (Å²) in [6.07, 6.45) is 3.58. The molecule has 0 bridgehead atoms. The van der Waals surface area contributed by atoms with Gasteiger partial charge in [-0.3, -0.25) is 0 Å². The fourth-order valence-electron chi connectivity index (χ4n) is 3.26. The van der Waals surface area contributed by atoms with Crippen LogP contribution in [0, 0.1) is 0 Å². The SMILES string of the molecule is COc1ncnc2c1ncn2C[C@@H]1C[C@H](O)c2ccccc21. The summed E-state index contributed by atoms with van der Waals surface area (Å²) in [6, 6.07) is 8.07.